The number of aryl methyl sites for hydroxylation is 2. The van der Waals surface area contributed by atoms with Crippen molar-refractivity contribution in [2.45, 2.75) is 13.8 Å². The molecule has 0 atom stereocenters. The van der Waals surface area contributed by atoms with Gasteiger partial charge in [0.05, 0.1) is 5.69 Å². The molecule has 1 N–H and O–H groups in total. The highest BCUT2D eigenvalue weighted by atomic mass is 35.5. The van der Waals surface area contributed by atoms with Crippen LogP contribution in [0.4, 0.5) is 11.5 Å². The van der Waals surface area contributed by atoms with E-state index in [1.807, 2.05) is 60.0 Å². The van der Waals surface area contributed by atoms with Crippen LogP contribution in [0.2, 0.25) is 5.02 Å². The number of nitrogens with one attached hydrogen (secondary N) is 1. The van der Waals surface area contributed by atoms with E-state index >= 15 is 0 Å². The van der Waals surface area contributed by atoms with E-state index < -0.39 is 0 Å². The Labute approximate surface area is 151 Å². The van der Waals surface area contributed by atoms with Crippen molar-refractivity contribution in [1.29, 1.82) is 0 Å². The zero-order valence-corrected chi connectivity index (χ0v) is 14.7. The molecule has 0 bridgehead atoms. The first kappa shape index (κ1) is 15.7. The minimum atomic E-state index is 0.689. The lowest BCUT2D eigenvalue weighted by Crippen LogP contribution is -2.02. The molecule has 0 unspecified atom stereocenters. The van der Waals surface area contributed by atoms with Gasteiger partial charge in [-0.05, 0) is 32.0 Å². The molecular weight excluding hydrogens is 332 g/mol. The summed E-state index contributed by atoms with van der Waals surface area (Å²) in [4.78, 5) is 4.68. The first-order chi connectivity index (χ1) is 12.1. The summed E-state index contributed by atoms with van der Waals surface area (Å²) < 4.78 is 1.85. The van der Waals surface area contributed by atoms with Gasteiger partial charge < -0.3 is 5.32 Å². The third-order valence-corrected chi connectivity index (χ3v) is 4.33. The number of nitrogens with zero attached hydrogens (tertiary/aromatic N) is 3. The van der Waals surface area contributed by atoms with Crippen LogP contribution >= 0.6 is 11.6 Å². The van der Waals surface area contributed by atoms with Gasteiger partial charge in [0.2, 0.25) is 0 Å². The van der Waals surface area contributed by atoms with Crippen LogP contribution in [0.3, 0.4) is 0 Å². The second-order valence-corrected chi connectivity index (χ2v) is 6.43. The number of benzene rings is 2. The number of aromatic nitrogens is 3. The monoisotopic (exact) mass is 348 g/mol. The van der Waals surface area contributed by atoms with Crippen LogP contribution in [-0.2, 0) is 0 Å². The molecule has 0 spiro atoms. The van der Waals surface area contributed by atoms with Gasteiger partial charge in [0.1, 0.15) is 5.82 Å². The summed E-state index contributed by atoms with van der Waals surface area (Å²) >= 11 is 6.10. The van der Waals surface area contributed by atoms with Crippen LogP contribution < -0.4 is 5.32 Å². The highest BCUT2D eigenvalue weighted by Gasteiger charge is 2.15. The van der Waals surface area contributed by atoms with Gasteiger partial charge in [-0.3, -0.25) is 0 Å². The number of halogens is 1. The number of fused-ring (bicyclic) bond motifs is 1. The minimum Gasteiger partial charge on any atom is -0.340 e. The van der Waals surface area contributed by atoms with Gasteiger partial charge in [-0.25, -0.2) is 4.98 Å². The average molecular weight is 349 g/mol. The standard InChI is InChI=1S/C20H17ClN4/c1-13-11-18(23-17-10-6-9-16(21)12-17)25-20(22-13)14(2)19(24-25)15-7-4-3-5-8-15/h3-12,23H,1-2H3. The van der Waals surface area contributed by atoms with Crippen molar-refractivity contribution < 1.29 is 0 Å². The van der Waals surface area contributed by atoms with Gasteiger partial charge in [0.25, 0.3) is 0 Å². The van der Waals surface area contributed by atoms with E-state index in [4.69, 9.17) is 16.7 Å². The molecule has 2 aromatic carbocycles. The van der Waals surface area contributed by atoms with E-state index in [1.54, 1.807) is 0 Å². The van der Waals surface area contributed by atoms with E-state index in [9.17, 15) is 0 Å². The summed E-state index contributed by atoms with van der Waals surface area (Å²) in [6.45, 7) is 4.04. The van der Waals surface area contributed by atoms with Gasteiger partial charge in [-0.2, -0.15) is 9.61 Å². The molecule has 0 fully saturated rings. The topological polar surface area (TPSA) is 42.2 Å². The Kier molecular flexibility index (Phi) is 3.90. The quantitative estimate of drug-likeness (QED) is 0.538. The van der Waals surface area contributed by atoms with Crippen molar-refractivity contribution in [3.63, 3.8) is 0 Å². The molecule has 4 nitrogen and oxygen atoms in total. The molecule has 0 saturated heterocycles. The van der Waals surface area contributed by atoms with Crippen LogP contribution in [0.25, 0.3) is 16.9 Å². The van der Waals surface area contributed by atoms with Crippen molar-refractivity contribution in [1.82, 2.24) is 14.6 Å². The molecule has 25 heavy (non-hydrogen) atoms. The largest absolute Gasteiger partial charge is 0.340 e. The summed E-state index contributed by atoms with van der Waals surface area (Å²) in [7, 11) is 0. The fraction of sp³-hybridized carbons (Fsp3) is 0.100. The van der Waals surface area contributed by atoms with Crippen LogP contribution in [0, 0.1) is 13.8 Å². The Bertz CT molecular complexity index is 1050. The van der Waals surface area contributed by atoms with Crippen molar-refractivity contribution in [2.75, 3.05) is 5.32 Å². The Balaban J connectivity index is 1.87. The van der Waals surface area contributed by atoms with Crippen molar-refractivity contribution >= 4 is 28.8 Å². The van der Waals surface area contributed by atoms with Gasteiger partial charge in [-0.15, -0.1) is 0 Å². The third-order valence-electron chi connectivity index (χ3n) is 4.09. The highest BCUT2D eigenvalue weighted by molar-refractivity contribution is 6.30. The summed E-state index contributed by atoms with van der Waals surface area (Å²) in [5, 5.41) is 8.89. The predicted octanol–water partition coefficient (Wildman–Crippen LogP) is 5.41. The average Bonchev–Trinajstić information content (AvgIpc) is 2.93. The number of anilines is 2. The molecule has 2 heterocycles. The van der Waals surface area contributed by atoms with E-state index in [-0.39, 0.29) is 0 Å². The summed E-state index contributed by atoms with van der Waals surface area (Å²) in [5.41, 5.74) is 5.77. The molecule has 4 rings (SSSR count). The SMILES string of the molecule is Cc1cc(Nc2cccc(Cl)c2)n2nc(-c3ccccc3)c(C)c2n1. The summed E-state index contributed by atoms with van der Waals surface area (Å²) in [5.74, 6) is 0.857. The Hall–Kier alpha value is -2.85. The van der Waals surface area contributed by atoms with Gasteiger partial charge in [0, 0.05) is 33.6 Å². The molecule has 0 amide bonds. The fourth-order valence-corrected chi connectivity index (χ4v) is 3.11. The zero-order chi connectivity index (χ0) is 17.4. The Morgan fingerprint density at radius 2 is 1.76 bits per heavy atom. The lowest BCUT2D eigenvalue weighted by atomic mass is 10.1. The maximum atomic E-state index is 6.10. The lowest BCUT2D eigenvalue weighted by Gasteiger charge is -2.09. The van der Waals surface area contributed by atoms with Crippen molar-refractivity contribution in [3.8, 4) is 11.3 Å². The van der Waals surface area contributed by atoms with Crippen LogP contribution in [0.5, 0.6) is 0 Å². The van der Waals surface area contributed by atoms with E-state index in [0.29, 0.717) is 5.02 Å². The van der Waals surface area contributed by atoms with Crippen LogP contribution in [0.15, 0.2) is 60.7 Å². The molecule has 0 aliphatic carbocycles. The van der Waals surface area contributed by atoms with Crippen LogP contribution in [0.1, 0.15) is 11.3 Å². The second-order valence-electron chi connectivity index (χ2n) is 5.99. The normalized spacial score (nSPS) is 11.0. The minimum absolute atomic E-state index is 0.689. The van der Waals surface area contributed by atoms with Gasteiger partial charge >= 0.3 is 0 Å². The summed E-state index contributed by atoms with van der Waals surface area (Å²) in [6, 6.07) is 19.8. The molecule has 0 radical (unpaired) electrons. The molecule has 0 aliphatic rings. The third kappa shape index (κ3) is 2.96. The smallest absolute Gasteiger partial charge is 0.161 e. The predicted molar refractivity (Wildman–Crippen MR) is 103 cm³/mol. The Morgan fingerprint density at radius 3 is 2.52 bits per heavy atom. The molecule has 124 valence electrons. The second kappa shape index (κ2) is 6.22. The van der Waals surface area contributed by atoms with Crippen molar-refractivity contribution in [2.24, 2.45) is 0 Å². The molecule has 5 heteroatoms. The van der Waals surface area contributed by atoms with Crippen LogP contribution in [-0.4, -0.2) is 14.6 Å². The molecule has 0 aliphatic heterocycles. The van der Waals surface area contributed by atoms with Gasteiger partial charge in [-0.1, -0.05) is 48.0 Å². The van der Waals surface area contributed by atoms with Crippen molar-refractivity contribution in [3.05, 3.63) is 76.9 Å². The van der Waals surface area contributed by atoms with E-state index in [2.05, 4.69) is 29.4 Å². The number of hydrogen-bond acceptors (Lipinski definition) is 3. The molecule has 2 aromatic heterocycles. The molecule has 4 aromatic rings. The van der Waals surface area contributed by atoms with E-state index in [0.717, 1.165) is 39.7 Å². The van der Waals surface area contributed by atoms with Gasteiger partial charge in [0.15, 0.2) is 5.65 Å². The highest BCUT2D eigenvalue weighted by Crippen LogP contribution is 2.28. The lowest BCUT2D eigenvalue weighted by molar-refractivity contribution is 0.941. The number of hydrogen-bond donors (Lipinski definition) is 1. The fourth-order valence-electron chi connectivity index (χ4n) is 2.92. The maximum absolute atomic E-state index is 6.10. The molecule has 0 saturated carbocycles. The number of rotatable bonds is 3. The van der Waals surface area contributed by atoms with E-state index in [1.165, 1.54) is 0 Å². The first-order valence-electron chi connectivity index (χ1n) is 8.07. The Morgan fingerprint density at radius 1 is 0.960 bits per heavy atom. The zero-order valence-electron chi connectivity index (χ0n) is 14.0. The maximum Gasteiger partial charge on any atom is 0.161 e. The summed E-state index contributed by atoms with van der Waals surface area (Å²) in [6.07, 6.45) is 0. The molecular formula is C20H17ClN4. The first-order valence-corrected chi connectivity index (χ1v) is 8.44.